The third kappa shape index (κ3) is 8.83. The van der Waals surface area contributed by atoms with E-state index in [0.717, 1.165) is 13.1 Å². The lowest BCUT2D eigenvalue weighted by molar-refractivity contribution is 0.0294. The Bertz CT molecular complexity index is 206. The molecule has 18 heavy (non-hydrogen) atoms. The lowest BCUT2D eigenvalue weighted by atomic mass is 10.1. The molecule has 5 nitrogen and oxygen atoms in total. The maximum atomic E-state index is 10.1. The Morgan fingerprint density at radius 2 is 1.78 bits per heavy atom. The first-order valence-corrected chi connectivity index (χ1v) is 6.79. The highest BCUT2D eigenvalue weighted by molar-refractivity contribution is 4.79. The fourth-order valence-corrected chi connectivity index (χ4v) is 2.09. The highest BCUT2D eigenvalue weighted by atomic mass is 16.3. The Morgan fingerprint density at radius 3 is 2.22 bits per heavy atom. The summed E-state index contributed by atoms with van der Waals surface area (Å²) in [7, 11) is 3.87. The minimum atomic E-state index is -0.765. The van der Waals surface area contributed by atoms with Crippen molar-refractivity contribution in [3.8, 4) is 0 Å². The van der Waals surface area contributed by atoms with Gasteiger partial charge in [0.05, 0.1) is 11.7 Å². The third-order valence-electron chi connectivity index (χ3n) is 2.91. The summed E-state index contributed by atoms with van der Waals surface area (Å²) in [6, 6.07) is 0. The van der Waals surface area contributed by atoms with Crippen LogP contribution in [0.2, 0.25) is 0 Å². The van der Waals surface area contributed by atoms with Gasteiger partial charge in [-0.25, -0.2) is 0 Å². The molecule has 0 aliphatic heterocycles. The monoisotopic (exact) mass is 261 g/mol. The molecule has 0 aliphatic carbocycles. The quantitative estimate of drug-likeness (QED) is 0.499. The van der Waals surface area contributed by atoms with E-state index in [-0.39, 0.29) is 6.10 Å². The molecule has 0 rings (SSSR count). The van der Waals surface area contributed by atoms with Gasteiger partial charge in [0.25, 0.3) is 0 Å². The SMILES string of the molecule is CCN(CC)CC(O)CNCC(C)(O)CN(C)C. The molecule has 2 unspecified atom stereocenters. The van der Waals surface area contributed by atoms with Gasteiger partial charge in [-0.05, 0) is 34.1 Å². The van der Waals surface area contributed by atoms with Crippen molar-refractivity contribution in [3.05, 3.63) is 0 Å². The first-order valence-electron chi connectivity index (χ1n) is 6.79. The standard InChI is InChI=1S/C13H31N3O2/c1-6-16(7-2)9-12(17)8-14-10-13(3,18)11-15(4)5/h12,14,17-18H,6-11H2,1-5H3. The number of aliphatic hydroxyl groups is 2. The average Bonchev–Trinajstić information content (AvgIpc) is 2.23. The lowest BCUT2D eigenvalue weighted by Crippen LogP contribution is -2.48. The maximum Gasteiger partial charge on any atom is 0.0869 e. The summed E-state index contributed by atoms with van der Waals surface area (Å²) in [5.74, 6) is 0. The van der Waals surface area contributed by atoms with Crippen molar-refractivity contribution in [2.45, 2.75) is 32.5 Å². The minimum absolute atomic E-state index is 0.389. The first kappa shape index (κ1) is 17.8. The van der Waals surface area contributed by atoms with E-state index in [2.05, 4.69) is 24.1 Å². The molecule has 0 aromatic heterocycles. The number of rotatable bonds is 10. The van der Waals surface area contributed by atoms with Crippen molar-refractivity contribution in [1.82, 2.24) is 15.1 Å². The fourth-order valence-electron chi connectivity index (χ4n) is 2.09. The smallest absolute Gasteiger partial charge is 0.0869 e. The molecule has 0 aromatic carbocycles. The Balaban J connectivity index is 3.82. The minimum Gasteiger partial charge on any atom is -0.390 e. The number of nitrogens with zero attached hydrogens (tertiary/aromatic N) is 2. The highest BCUT2D eigenvalue weighted by Gasteiger charge is 2.21. The maximum absolute atomic E-state index is 10.1. The summed E-state index contributed by atoms with van der Waals surface area (Å²) in [5, 5.41) is 23.1. The molecule has 0 saturated carbocycles. The number of likely N-dealkylation sites (N-methyl/N-ethyl adjacent to an activating group) is 2. The summed E-state index contributed by atoms with van der Waals surface area (Å²) in [6.45, 7) is 10.2. The van der Waals surface area contributed by atoms with E-state index in [1.54, 1.807) is 6.92 Å². The predicted octanol–water partition coefficient (Wildman–Crippen LogP) is -0.409. The summed E-state index contributed by atoms with van der Waals surface area (Å²) in [5.41, 5.74) is -0.765. The molecule has 0 spiro atoms. The van der Waals surface area contributed by atoms with E-state index < -0.39 is 5.60 Å². The third-order valence-corrected chi connectivity index (χ3v) is 2.91. The molecule has 0 heterocycles. The fraction of sp³-hybridized carbons (Fsp3) is 1.00. The Labute approximate surface area is 112 Å². The van der Waals surface area contributed by atoms with Crippen molar-refractivity contribution in [2.24, 2.45) is 0 Å². The van der Waals surface area contributed by atoms with E-state index in [4.69, 9.17) is 0 Å². The molecular weight excluding hydrogens is 230 g/mol. The van der Waals surface area contributed by atoms with Crippen LogP contribution in [0.5, 0.6) is 0 Å². The van der Waals surface area contributed by atoms with Gasteiger partial charge in [-0.2, -0.15) is 0 Å². The molecule has 0 fully saturated rings. The van der Waals surface area contributed by atoms with Crippen molar-refractivity contribution in [2.75, 3.05) is 53.4 Å². The molecule has 0 saturated heterocycles. The zero-order chi connectivity index (χ0) is 14.2. The van der Waals surface area contributed by atoms with Gasteiger partial charge < -0.3 is 25.3 Å². The zero-order valence-corrected chi connectivity index (χ0v) is 12.6. The second-order valence-corrected chi connectivity index (χ2v) is 5.51. The predicted molar refractivity (Wildman–Crippen MR) is 75.8 cm³/mol. The summed E-state index contributed by atoms with van der Waals surface area (Å²) in [4.78, 5) is 4.14. The molecule has 0 radical (unpaired) electrons. The zero-order valence-electron chi connectivity index (χ0n) is 12.6. The van der Waals surface area contributed by atoms with Crippen molar-refractivity contribution >= 4 is 0 Å². The largest absolute Gasteiger partial charge is 0.390 e. The highest BCUT2D eigenvalue weighted by Crippen LogP contribution is 2.02. The van der Waals surface area contributed by atoms with Crippen LogP contribution < -0.4 is 5.32 Å². The number of hydrogen-bond acceptors (Lipinski definition) is 5. The Kier molecular flexibility index (Phi) is 8.73. The van der Waals surface area contributed by atoms with Crippen LogP contribution in [0.1, 0.15) is 20.8 Å². The van der Waals surface area contributed by atoms with E-state index in [1.165, 1.54) is 0 Å². The average molecular weight is 261 g/mol. The molecular formula is C13H31N3O2. The van der Waals surface area contributed by atoms with Gasteiger partial charge in [0.1, 0.15) is 0 Å². The molecule has 0 aliphatic rings. The van der Waals surface area contributed by atoms with E-state index in [0.29, 0.717) is 26.2 Å². The van der Waals surface area contributed by atoms with Crippen LogP contribution in [0.4, 0.5) is 0 Å². The molecule has 110 valence electrons. The summed E-state index contributed by atoms with van der Waals surface area (Å²) >= 11 is 0. The topological polar surface area (TPSA) is 59.0 Å². The van der Waals surface area contributed by atoms with Gasteiger partial charge in [0.2, 0.25) is 0 Å². The van der Waals surface area contributed by atoms with Crippen LogP contribution >= 0.6 is 0 Å². The normalized spacial score (nSPS) is 17.2. The van der Waals surface area contributed by atoms with Gasteiger partial charge in [-0.15, -0.1) is 0 Å². The van der Waals surface area contributed by atoms with E-state index in [9.17, 15) is 10.2 Å². The van der Waals surface area contributed by atoms with Crippen LogP contribution in [0.15, 0.2) is 0 Å². The molecule has 0 amide bonds. The van der Waals surface area contributed by atoms with Crippen molar-refractivity contribution in [1.29, 1.82) is 0 Å². The summed E-state index contributed by atoms with van der Waals surface area (Å²) in [6.07, 6.45) is -0.389. The van der Waals surface area contributed by atoms with E-state index in [1.807, 2.05) is 19.0 Å². The molecule has 0 bridgehead atoms. The number of aliphatic hydroxyl groups excluding tert-OH is 1. The molecule has 0 aromatic rings. The van der Waals surface area contributed by atoms with Crippen molar-refractivity contribution < 1.29 is 10.2 Å². The van der Waals surface area contributed by atoms with E-state index >= 15 is 0 Å². The molecule has 2 atom stereocenters. The van der Waals surface area contributed by atoms with Crippen LogP contribution in [-0.2, 0) is 0 Å². The van der Waals surface area contributed by atoms with Gasteiger partial charge in [0, 0.05) is 26.2 Å². The second-order valence-electron chi connectivity index (χ2n) is 5.51. The van der Waals surface area contributed by atoms with Gasteiger partial charge in [-0.1, -0.05) is 13.8 Å². The van der Waals surface area contributed by atoms with Crippen molar-refractivity contribution in [3.63, 3.8) is 0 Å². The lowest BCUT2D eigenvalue weighted by Gasteiger charge is -2.28. The van der Waals surface area contributed by atoms with Gasteiger partial charge in [0.15, 0.2) is 0 Å². The van der Waals surface area contributed by atoms with Crippen LogP contribution in [0.25, 0.3) is 0 Å². The Hall–Kier alpha value is -0.200. The number of hydrogen-bond donors (Lipinski definition) is 3. The van der Waals surface area contributed by atoms with Crippen LogP contribution in [0.3, 0.4) is 0 Å². The second kappa shape index (κ2) is 8.82. The Morgan fingerprint density at radius 1 is 1.22 bits per heavy atom. The summed E-state index contributed by atoms with van der Waals surface area (Å²) < 4.78 is 0. The van der Waals surface area contributed by atoms with Crippen LogP contribution in [0, 0.1) is 0 Å². The van der Waals surface area contributed by atoms with Gasteiger partial charge >= 0.3 is 0 Å². The number of nitrogens with one attached hydrogen (secondary N) is 1. The van der Waals surface area contributed by atoms with Gasteiger partial charge in [-0.3, -0.25) is 0 Å². The van der Waals surface area contributed by atoms with Crippen LogP contribution in [-0.4, -0.2) is 85.1 Å². The molecule has 5 heteroatoms. The first-order chi connectivity index (χ1) is 8.30. The molecule has 3 N–H and O–H groups in total.